The van der Waals surface area contributed by atoms with E-state index in [0.717, 1.165) is 6.07 Å². The van der Waals surface area contributed by atoms with Crippen molar-refractivity contribution in [1.82, 2.24) is 0 Å². The molecule has 10 heteroatoms. The van der Waals surface area contributed by atoms with Gasteiger partial charge in [0.15, 0.2) is 5.69 Å². The minimum absolute atomic E-state index is 0. The number of aromatic hydroxyl groups is 1. The van der Waals surface area contributed by atoms with Gasteiger partial charge in [-0.25, -0.2) is 0 Å². The first-order valence-corrected chi connectivity index (χ1v) is 5.94. The van der Waals surface area contributed by atoms with Gasteiger partial charge < -0.3 is 5.11 Å². The van der Waals surface area contributed by atoms with Crippen LogP contribution in [0.25, 0.3) is 10.8 Å². The quantitative estimate of drug-likeness (QED) is 0.468. The summed E-state index contributed by atoms with van der Waals surface area (Å²) in [6, 6.07) is 6.28. The van der Waals surface area contributed by atoms with Crippen LogP contribution in [0.1, 0.15) is 0 Å². The molecular formula is C10H10NNa3O5S. The average molecular weight is 325 g/mol. The molecule has 0 atom stereocenters. The third kappa shape index (κ3) is 5.03. The van der Waals surface area contributed by atoms with Crippen molar-refractivity contribution < 1.29 is 18.1 Å². The van der Waals surface area contributed by atoms with E-state index in [4.69, 9.17) is 4.55 Å². The normalized spacial score (nSPS) is 9.85. The van der Waals surface area contributed by atoms with Gasteiger partial charge in [-0.3, -0.25) is 4.55 Å². The summed E-state index contributed by atoms with van der Waals surface area (Å²) in [6.07, 6.45) is 0. The second-order valence-corrected chi connectivity index (χ2v) is 4.80. The number of nitroso groups, excluding NO2 is 1. The summed E-state index contributed by atoms with van der Waals surface area (Å²) in [6.45, 7) is 0. The molecule has 2 aromatic rings. The molecule has 0 aliphatic heterocycles. The number of benzene rings is 2. The summed E-state index contributed by atoms with van der Waals surface area (Å²) < 4.78 is 30.7. The molecule has 6 nitrogen and oxygen atoms in total. The molecule has 0 radical (unpaired) electrons. The van der Waals surface area contributed by atoms with Crippen LogP contribution >= 0.6 is 0 Å². The molecule has 0 saturated carbocycles. The maximum atomic E-state index is 10.9. The predicted octanol–water partition coefficient (Wildman–Crippen LogP) is 0.244. The Morgan fingerprint density at radius 3 is 2.10 bits per heavy atom. The van der Waals surface area contributed by atoms with Crippen LogP contribution in [0, 0.1) is 4.91 Å². The maximum absolute atomic E-state index is 10.9. The van der Waals surface area contributed by atoms with Crippen molar-refractivity contribution in [3.63, 3.8) is 0 Å². The Bertz CT molecular complexity index is 720. The van der Waals surface area contributed by atoms with Gasteiger partial charge in [0, 0.05) is 5.39 Å². The number of hydrogen-bond acceptors (Lipinski definition) is 5. The second kappa shape index (κ2) is 9.22. The third-order valence-corrected chi connectivity index (χ3v) is 3.18. The zero-order valence-electron chi connectivity index (χ0n) is 8.36. The van der Waals surface area contributed by atoms with Gasteiger partial charge in [-0.1, -0.05) is 12.1 Å². The second-order valence-electron chi connectivity index (χ2n) is 3.38. The number of nitrogens with zero attached hydrogens (tertiary/aromatic N) is 1. The van der Waals surface area contributed by atoms with Gasteiger partial charge in [0.05, 0.1) is 4.90 Å². The van der Waals surface area contributed by atoms with Crippen molar-refractivity contribution in [1.29, 1.82) is 0 Å². The van der Waals surface area contributed by atoms with Crippen molar-refractivity contribution in [2.24, 2.45) is 5.18 Å². The molecule has 20 heavy (non-hydrogen) atoms. The Hall–Kier alpha value is 1.01. The van der Waals surface area contributed by atoms with E-state index in [0.29, 0.717) is 10.8 Å². The molecule has 0 aromatic heterocycles. The summed E-state index contributed by atoms with van der Waals surface area (Å²) in [5.41, 5.74) is -0.163. The van der Waals surface area contributed by atoms with E-state index in [2.05, 4.69) is 5.18 Å². The van der Waals surface area contributed by atoms with E-state index in [1.54, 1.807) is 0 Å². The Kier molecular flexibility index (Phi) is 10.7. The first kappa shape index (κ1) is 23.3. The van der Waals surface area contributed by atoms with E-state index in [1.807, 2.05) is 0 Å². The molecule has 0 unspecified atom stereocenters. The average Bonchev–Trinajstić information content (AvgIpc) is 2.27. The summed E-state index contributed by atoms with van der Waals surface area (Å²) >= 11 is 0. The molecule has 2 N–H and O–H groups in total. The summed E-state index contributed by atoms with van der Waals surface area (Å²) in [7, 11) is -4.30. The van der Waals surface area contributed by atoms with E-state index in [9.17, 15) is 18.4 Å². The van der Waals surface area contributed by atoms with Crippen LogP contribution in [0.4, 0.5) is 5.69 Å². The molecule has 2 aromatic carbocycles. The molecule has 0 bridgehead atoms. The minimum atomic E-state index is -4.30. The Morgan fingerprint density at radius 1 is 1.00 bits per heavy atom. The van der Waals surface area contributed by atoms with Gasteiger partial charge in [-0.05, 0) is 28.8 Å². The first-order valence-electron chi connectivity index (χ1n) is 4.50. The van der Waals surface area contributed by atoms with Gasteiger partial charge in [0.1, 0.15) is 5.75 Å². The fourth-order valence-corrected chi connectivity index (χ4v) is 2.05. The first-order chi connectivity index (χ1) is 7.93. The van der Waals surface area contributed by atoms with Crippen LogP contribution in [-0.2, 0) is 10.1 Å². The predicted molar refractivity (Wildman–Crippen MR) is 82.3 cm³/mol. The van der Waals surface area contributed by atoms with E-state index >= 15 is 0 Å². The van der Waals surface area contributed by atoms with Crippen molar-refractivity contribution in [3.05, 3.63) is 35.2 Å². The van der Waals surface area contributed by atoms with Crippen LogP contribution in [0.15, 0.2) is 40.4 Å². The molecular weight excluding hydrogens is 315 g/mol. The molecule has 0 amide bonds. The number of hydrogen-bond donors (Lipinski definition) is 2. The van der Waals surface area contributed by atoms with Gasteiger partial charge >= 0.3 is 88.7 Å². The molecule has 0 fully saturated rings. The van der Waals surface area contributed by atoms with Crippen LogP contribution in [0.2, 0.25) is 0 Å². The molecule has 0 aliphatic carbocycles. The molecule has 0 saturated heterocycles. The van der Waals surface area contributed by atoms with Gasteiger partial charge in [-0.15, -0.1) is 4.91 Å². The number of fused-ring (bicyclic) bond motifs is 1. The van der Waals surface area contributed by atoms with Crippen molar-refractivity contribution in [3.8, 4) is 5.75 Å². The third-order valence-electron chi connectivity index (χ3n) is 2.33. The number of phenols is 1. The number of rotatable bonds is 2. The van der Waals surface area contributed by atoms with Crippen LogP contribution in [-0.4, -0.2) is 107 Å². The zero-order chi connectivity index (χ0) is 12.6. The fraction of sp³-hybridized carbons (Fsp3) is 0. The van der Waals surface area contributed by atoms with Gasteiger partial charge in [0.2, 0.25) is 0 Å². The topological polar surface area (TPSA) is 104 Å². The molecule has 0 heterocycles. The molecule has 2 rings (SSSR count). The van der Waals surface area contributed by atoms with Crippen molar-refractivity contribution in [2.45, 2.75) is 4.90 Å². The van der Waals surface area contributed by atoms with E-state index < -0.39 is 10.1 Å². The molecule has 0 aliphatic rings. The summed E-state index contributed by atoms with van der Waals surface area (Å²) in [4.78, 5) is 10.3. The Labute approximate surface area is 181 Å². The Balaban J connectivity index is 0. The van der Waals surface area contributed by atoms with Crippen LogP contribution in [0.5, 0.6) is 5.75 Å². The van der Waals surface area contributed by atoms with Crippen molar-refractivity contribution in [2.75, 3.05) is 0 Å². The van der Waals surface area contributed by atoms with E-state index in [1.165, 1.54) is 24.3 Å². The van der Waals surface area contributed by atoms with Crippen LogP contribution in [0.3, 0.4) is 0 Å². The fourth-order valence-electron chi connectivity index (χ4n) is 1.54. The summed E-state index contributed by atoms with van der Waals surface area (Å²) in [5, 5.41) is 12.7. The zero-order valence-corrected chi connectivity index (χ0v) is 9.18. The monoisotopic (exact) mass is 325 g/mol. The summed E-state index contributed by atoms with van der Waals surface area (Å²) in [5.74, 6) is -0.285. The number of phenolic OH excluding ortho intramolecular Hbond substituents is 1. The standard InChI is InChI=1S/C10H7NO5S.3Na.3H/c12-9-4-1-6-5-7(17(14,15)16)2-3-8(6)10(9)11-13;;;;;;/h1-5,12H,(H,14,15,16);;;;;;. The molecule has 94 valence electrons. The van der Waals surface area contributed by atoms with Gasteiger partial charge in [0.25, 0.3) is 10.1 Å². The van der Waals surface area contributed by atoms with Crippen molar-refractivity contribution >= 4 is 115 Å². The SMILES string of the molecule is O=Nc1c(O)ccc2cc(S(=O)(=O)O)ccc12.[NaH].[NaH].[NaH]. The van der Waals surface area contributed by atoms with Crippen LogP contribution < -0.4 is 0 Å². The Morgan fingerprint density at radius 2 is 1.60 bits per heavy atom. The molecule has 0 spiro atoms. The van der Waals surface area contributed by atoms with E-state index in [-0.39, 0.29) is 105 Å². The van der Waals surface area contributed by atoms with Gasteiger partial charge in [-0.2, -0.15) is 8.42 Å².